The largest absolute Gasteiger partial charge is 0.361 e. The monoisotopic (exact) mass is 217 g/mol. The van der Waals surface area contributed by atoms with Crippen molar-refractivity contribution < 1.29 is 0 Å². The molecule has 1 nitrogen and oxygen atoms in total. The summed E-state index contributed by atoms with van der Waals surface area (Å²) >= 11 is 0. The lowest BCUT2D eigenvalue weighted by atomic mass is 9.93. The van der Waals surface area contributed by atoms with Crippen LogP contribution in [0.1, 0.15) is 64.0 Å². The van der Waals surface area contributed by atoms with Gasteiger partial charge in [0.25, 0.3) is 0 Å². The van der Waals surface area contributed by atoms with Crippen LogP contribution in [0.3, 0.4) is 0 Å². The highest BCUT2D eigenvalue weighted by atomic mass is 14.7. The molecule has 16 heavy (non-hydrogen) atoms. The van der Waals surface area contributed by atoms with Crippen molar-refractivity contribution in [2.24, 2.45) is 0 Å². The first kappa shape index (κ1) is 11.5. The molecule has 88 valence electrons. The van der Waals surface area contributed by atoms with Crippen LogP contribution in [-0.2, 0) is 0 Å². The van der Waals surface area contributed by atoms with Crippen LogP contribution in [0, 0.1) is 0 Å². The van der Waals surface area contributed by atoms with E-state index >= 15 is 0 Å². The highest BCUT2D eigenvalue weighted by Crippen LogP contribution is 2.28. The van der Waals surface area contributed by atoms with Gasteiger partial charge in [0.05, 0.1) is 0 Å². The summed E-state index contributed by atoms with van der Waals surface area (Å²) in [4.78, 5) is 3.36. The van der Waals surface area contributed by atoms with Crippen LogP contribution in [-0.4, -0.2) is 4.98 Å². The van der Waals surface area contributed by atoms with Crippen LogP contribution < -0.4 is 0 Å². The van der Waals surface area contributed by atoms with E-state index in [9.17, 15) is 0 Å². The van der Waals surface area contributed by atoms with Crippen molar-refractivity contribution >= 4 is 5.57 Å². The second kappa shape index (κ2) is 5.93. The van der Waals surface area contributed by atoms with Crippen LogP contribution in [0.2, 0.25) is 0 Å². The Bertz CT molecular complexity index is 332. The van der Waals surface area contributed by atoms with E-state index in [1.165, 1.54) is 57.1 Å². The number of rotatable bonds is 1. The molecule has 0 radical (unpaired) electrons. The summed E-state index contributed by atoms with van der Waals surface area (Å²) in [5.41, 5.74) is 4.52. The molecule has 1 aromatic rings. The number of aromatic amines is 1. The summed E-state index contributed by atoms with van der Waals surface area (Å²) in [6.07, 6.45) is 13.0. The minimum absolute atomic E-state index is 1.26. The first-order chi connectivity index (χ1) is 7.88. The van der Waals surface area contributed by atoms with Crippen LogP contribution >= 0.6 is 0 Å². The van der Waals surface area contributed by atoms with Gasteiger partial charge < -0.3 is 4.98 Å². The van der Waals surface area contributed by atoms with Crippen LogP contribution in [0.4, 0.5) is 0 Å². The number of allylic oxidation sites excluding steroid dienone is 2. The van der Waals surface area contributed by atoms with E-state index in [4.69, 9.17) is 0 Å². The van der Waals surface area contributed by atoms with Crippen LogP contribution in [0.15, 0.2) is 23.9 Å². The normalized spacial score (nSPS) is 24.3. The third-order valence-corrected chi connectivity index (χ3v) is 3.67. The molecule has 0 aliphatic heterocycles. The number of aromatic nitrogens is 1. The van der Waals surface area contributed by atoms with Crippen molar-refractivity contribution in [2.75, 3.05) is 0 Å². The van der Waals surface area contributed by atoms with E-state index in [0.29, 0.717) is 0 Å². The molecule has 1 N–H and O–H groups in total. The summed E-state index contributed by atoms with van der Waals surface area (Å²) in [5, 5.41) is 0. The van der Waals surface area contributed by atoms with Crippen molar-refractivity contribution in [3.05, 3.63) is 29.6 Å². The van der Waals surface area contributed by atoms with Crippen molar-refractivity contribution in [1.29, 1.82) is 0 Å². The third kappa shape index (κ3) is 3.01. The van der Waals surface area contributed by atoms with Gasteiger partial charge in [0, 0.05) is 11.9 Å². The van der Waals surface area contributed by atoms with Gasteiger partial charge in [-0.25, -0.2) is 0 Å². The predicted octanol–water partition coefficient (Wildman–Crippen LogP) is 4.92. The van der Waals surface area contributed by atoms with E-state index in [2.05, 4.69) is 24.0 Å². The van der Waals surface area contributed by atoms with Crippen molar-refractivity contribution in [3.63, 3.8) is 0 Å². The molecule has 0 saturated carbocycles. The molecule has 0 bridgehead atoms. The van der Waals surface area contributed by atoms with E-state index in [1.807, 2.05) is 6.20 Å². The van der Waals surface area contributed by atoms with Crippen molar-refractivity contribution in [2.45, 2.75) is 58.3 Å². The molecule has 0 saturated heterocycles. The van der Waals surface area contributed by atoms with Gasteiger partial charge in [0.2, 0.25) is 0 Å². The molecule has 1 heterocycles. The fraction of sp³-hybridized carbons (Fsp3) is 0.600. The number of nitrogens with one attached hydrogen (secondary N) is 1. The van der Waals surface area contributed by atoms with E-state index in [0.717, 1.165) is 0 Å². The Hall–Kier alpha value is -0.980. The first-order valence-corrected chi connectivity index (χ1v) is 6.70. The molecule has 0 atom stereocenters. The maximum atomic E-state index is 3.36. The second-order valence-electron chi connectivity index (χ2n) is 4.96. The van der Waals surface area contributed by atoms with Gasteiger partial charge in [0.15, 0.2) is 0 Å². The number of H-pyrrole nitrogens is 1. The quantitative estimate of drug-likeness (QED) is 0.687. The SMILES string of the molecule is C/C1=C(\c2ccc[nH]2)CCCCCCCC1. The Labute approximate surface area is 99.0 Å². The van der Waals surface area contributed by atoms with E-state index in [1.54, 1.807) is 11.1 Å². The molecule has 0 spiro atoms. The lowest BCUT2D eigenvalue weighted by Gasteiger charge is -2.13. The van der Waals surface area contributed by atoms with Gasteiger partial charge in [-0.2, -0.15) is 0 Å². The Kier molecular flexibility index (Phi) is 4.26. The second-order valence-corrected chi connectivity index (χ2v) is 4.96. The highest BCUT2D eigenvalue weighted by Gasteiger charge is 2.08. The summed E-state index contributed by atoms with van der Waals surface area (Å²) in [6.45, 7) is 2.32. The first-order valence-electron chi connectivity index (χ1n) is 6.70. The molecule has 1 heteroatoms. The van der Waals surface area contributed by atoms with Crippen LogP contribution in [0.25, 0.3) is 5.57 Å². The predicted molar refractivity (Wildman–Crippen MR) is 70.3 cm³/mol. The average molecular weight is 217 g/mol. The summed E-state index contributed by atoms with van der Waals surface area (Å²) < 4.78 is 0. The zero-order valence-corrected chi connectivity index (χ0v) is 10.4. The Morgan fingerprint density at radius 1 is 0.938 bits per heavy atom. The molecule has 1 aromatic heterocycles. The molecule has 1 aliphatic carbocycles. The average Bonchev–Trinajstić information content (AvgIpc) is 2.80. The van der Waals surface area contributed by atoms with Crippen molar-refractivity contribution in [1.82, 2.24) is 4.98 Å². The molecule has 2 rings (SSSR count). The molecule has 0 fully saturated rings. The lowest BCUT2D eigenvalue weighted by Crippen LogP contribution is -1.94. The third-order valence-electron chi connectivity index (χ3n) is 3.67. The number of hydrogen-bond donors (Lipinski definition) is 1. The summed E-state index contributed by atoms with van der Waals surface area (Å²) in [6, 6.07) is 4.32. The minimum Gasteiger partial charge on any atom is -0.361 e. The Morgan fingerprint density at radius 2 is 1.62 bits per heavy atom. The van der Waals surface area contributed by atoms with E-state index < -0.39 is 0 Å². The Balaban J connectivity index is 2.15. The molecule has 0 unspecified atom stereocenters. The molecule has 1 aliphatic rings. The van der Waals surface area contributed by atoms with Gasteiger partial charge in [-0.05, 0) is 50.3 Å². The van der Waals surface area contributed by atoms with Gasteiger partial charge in [0.1, 0.15) is 0 Å². The standard InChI is InChI=1S/C15H23N/c1-13-9-6-4-2-3-5-7-10-14(13)15-11-8-12-16-15/h8,11-12,16H,2-7,9-10H2,1H3/b14-13+. The zero-order chi connectivity index (χ0) is 11.2. The number of hydrogen-bond acceptors (Lipinski definition) is 0. The fourth-order valence-electron chi connectivity index (χ4n) is 2.65. The highest BCUT2D eigenvalue weighted by molar-refractivity contribution is 5.65. The molecule has 0 aromatic carbocycles. The topological polar surface area (TPSA) is 15.8 Å². The molecule has 0 amide bonds. The summed E-state index contributed by atoms with van der Waals surface area (Å²) in [7, 11) is 0. The molecular weight excluding hydrogens is 194 g/mol. The van der Waals surface area contributed by atoms with E-state index in [-0.39, 0.29) is 0 Å². The Morgan fingerprint density at radius 3 is 2.31 bits per heavy atom. The lowest BCUT2D eigenvalue weighted by molar-refractivity contribution is 0.589. The smallest absolute Gasteiger partial charge is 0.0412 e. The van der Waals surface area contributed by atoms with Gasteiger partial charge in [-0.1, -0.05) is 31.3 Å². The van der Waals surface area contributed by atoms with Gasteiger partial charge >= 0.3 is 0 Å². The van der Waals surface area contributed by atoms with Crippen molar-refractivity contribution in [3.8, 4) is 0 Å². The zero-order valence-electron chi connectivity index (χ0n) is 10.4. The maximum Gasteiger partial charge on any atom is 0.0412 e. The summed E-state index contributed by atoms with van der Waals surface area (Å²) in [5.74, 6) is 0. The fourth-order valence-corrected chi connectivity index (χ4v) is 2.65. The maximum absolute atomic E-state index is 3.36. The van der Waals surface area contributed by atoms with Gasteiger partial charge in [-0.3, -0.25) is 0 Å². The minimum atomic E-state index is 1.26. The van der Waals surface area contributed by atoms with Crippen LogP contribution in [0.5, 0.6) is 0 Å². The van der Waals surface area contributed by atoms with Gasteiger partial charge in [-0.15, -0.1) is 0 Å². The molecular formula is C15H23N.